The Hall–Kier alpha value is -2.75. The van der Waals surface area contributed by atoms with Gasteiger partial charge in [0.15, 0.2) is 0 Å². The van der Waals surface area contributed by atoms with Crippen molar-refractivity contribution in [1.82, 2.24) is 19.4 Å². The standard InChI is InChI=1S/C22H24Cl2N6/c1-13(2)17-8-16(27-22-21(17)14(3)11-30(22)5)12-29(4)20(6-7-25)26-15-9-18(23)28-19(24)10-15/h6,8-11,13H,12H2,1-5H3,(H,26,28)/b20-6+. The minimum atomic E-state index is 0.275. The largest absolute Gasteiger partial charge is 0.355 e. The predicted molar refractivity (Wildman–Crippen MR) is 123 cm³/mol. The summed E-state index contributed by atoms with van der Waals surface area (Å²) in [7, 11) is 3.91. The maximum absolute atomic E-state index is 9.26. The molecule has 3 heterocycles. The number of anilines is 1. The van der Waals surface area contributed by atoms with Gasteiger partial charge in [-0.1, -0.05) is 37.0 Å². The summed E-state index contributed by atoms with van der Waals surface area (Å²) in [4.78, 5) is 10.8. The number of rotatable bonds is 6. The van der Waals surface area contributed by atoms with Gasteiger partial charge in [-0.3, -0.25) is 0 Å². The van der Waals surface area contributed by atoms with Gasteiger partial charge in [-0.2, -0.15) is 5.26 Å². The number of nitrogens with one attached hydrogen (secondary N) is 1. The first-order valence-corrected chi connectivity index (χ1v) is 10.3. The third-order valence-corrected chi connectivity index (χ3v) is 5.26. The molecule has 0 saturated heterocycles. The normalized spacial score (nSPS) is 11.8. The molecule has 0 bridgehead atoms. The van der Waals surface area contributed by atoms with E-state index in [9.17, 15) is 5.26 Å². The lowest BCUT2D eigenvalue weighted by atomic mass is 9.98. The zero-order valence-corrected chi connectivity index (χ0v) is 19.2. The van der Waals surface area contributed by atoms with E-state index in [1.165, 1.54) is 22.6 Å². The summed E-state index contributed by atoms with van der Waals surface area (Å²) in [6, 6.07) is 7.54. The number of aromatic nitrogens is 3. The van der Waals surface area contributed by atoms with Crippen molar-refractivity contribution in [2.75, 3.05) is 12.4 Å². The van der Waals surface area contributed by atoms with Crippen LogP contribution in [0.3, 0.4) is 0 Å². The Morgan fingerprint density at radius 1 is 1.27 bits per heavy atom. The van der Waals surface area contributed by atoms with E-state index >= 15 is 0 Å². The zero-order valence-electron chi connectivity index (χ0n) is 17.7. The van der Waals surface area contributed by atoms with Gasteiger partial charge >= 0.3 is 0 Å². The van der Waals surface area contributed by atoms with Crippen LogP contribution < -0.4 is 5.32 Å². The van der Waals surface area contributed by atoms with E-state index in [0.717, 1.165) is 11.3 Å². The second-order valence-electron chi connectivity index (χ2n) is 7.62. The van der Waals surface area contributed by atoms with E-state index in [4.69, 9.17) is 28.2 Å². The fraction of sp³-hybridized carbons (Fsp3) is 0.318. The van der Waals surface area contributed by atoms with E-state index in [0.29, 0.717) is 24.0 Å². The zero-order chi connectivity index (χ0) is 22.0. The highest BCUT2D eigenvalue weighted by molar-refractivity contribution is 6.32. The molecule has 3 aromatic heterocycles. The van der Waals surface area contributed by atoms with Gasteiger partial charge in [0.05, 0.1) is 24.4 Å². The summed E-state index contributed by atoms with van der Waals surface area (Å²) in [5.41, 5.74) is 5.03. The van der Waals surface area contributed by atoms with Crippen molar-refractivity contribution >= 4 is 39.9 Å². The Labute approximate surface area is 186 Å². The summed E-state index contributed by atoms with van der Waals surface area (Å²) in [5, 5.41) is 14.2. The molecule has 0 amide bonds. The molecular weight excluding hydrogens is 419 g/mol. The second kappa shape index (κ2) is 8.95. The Bertz CT molecular complexity index is 1140. The molecule has 0 aliphatic carbocycles. The topological polar surface area (TPSA) is 69.8 Å². The van der Waals surface area contributed by atoms with E-state index in [-0.39, 0.29) is 10.3 Å². The van der Waals surface area contributed by atoms with Crippen molar-refractivity contribution in [2.45, 2.75) is 33.2 Å². The van der Waals surface area contributed by atoms with Gasteiger partial charge < -0.3 is 14.8 Å². The molecule has 3 aromatic rings. The fourth-order valence-corrected chi connectivity index (χ4v) is 3.99. The molecule has 0 radical (unpaired) electrons. The summed E-state index contributed by atoms with van der Waals surface area (Å²) in [5.74, 6) is 0.973. The minimum Gasteiger partial charge on any atom is -0.355 e. The van der Waals surface area contributed by atoms with Crippen molar-refractivity contribution in [2.24, 2.45) is 7.05 Å². The molecule has 30 heavy (non-hydrogen) atoms. The monoisotopic (exact) mass is 442 g/mol. The molecule has 8 heteroatoms. The van der Waals surface area contributed by atoms with E-state index in [1.54, 1.807) is 12.1 Å². The average molecular weight is 443 g/mol. The molecular formula is C22H24Cl2N6. The first-order chi connectivity index (χ1) is 14.2. The summed E-state index contributed by atoms with van der Waals surface area (Å²) in [6.45, 7) is 7.01. The summed E-state index contributed by atoms with van der Waals surface area (Å²) >= 11 is 12.0. The Kier molecular flexibility index (Phi) is 6.55. The van der Waals surface area contributed by atoms with Crippen molar-refractivity contribution in [1.29, 1.82) is 5.26 Å². The van der Waals surface area contributed by atoms with E-state index in [1.807, 2.05) is 19.0 Å². The highest BCUT2D eigenvalue weighted by Crippen LogP contribution is 2.29. The molecule has 156 valence electrons. The number of fused-ring (bicyclic) bond motifs is 1. The highest BCUT2D eigenvalue weighted by Gasteiger charge is 2.16. The van der Waals surface area contributed by atoms with Gasteiger partial charge in [0.2, 0.25) is 0 Å². The van der Waals surface area contributed by atoms with Gasteiger partial charge in [0.1, 0.15) is 21.8 Å². The molecule has 0 atom stereocenters. The maximum Gasteiger partial charge on any atom is 0.140 e. The van der Waals surface area contributed by atoms with Crippen LogP contribution in [0.15, 0.2) is 36.3 Å². The van der Waals surface area contributed by atoms with Gasteiger partial charge in [0.25, 0.3) is 0 Å². The molecule has 0 fully saturated rings. The maximum atomic E-state index is 9.26. The first kappa shape index (κ1) is 21.9. The number of allylic oxidation sites excluding steroid dienone is 1. The van der Waals surface area contributed by atoms with Crippen LogP contribution in [0.1, 0.15) is 36.6 Å². The van der Waals surface area contributed by atoms with Gasteiger partial charge in [0, 0.05) is 31.4 Å². The van der Waals surface area contributed by atoms with Crippen LogP contribution in [-0.2, 0) is 13.6 Å². The van der Waals surface area contributed by atoms with Crippen molar-refractivity contribution in [3.8, 4) is 6.07 Å². The number of halogens is 2. The molecule has 0 spiro atoms. The SMILES string of the molecule is Cc1cn(C)c2nc(CN(C)/C(=C/C#N)Nc3cc(Cl)nc(Cl)c3)cc(C(C)C)c12. The van der Waals surface area contributed by atoms with Gasteiger partial charge in [-0.05, 0) is 42.2 Å². The number of nitriles is 1. The number of hydrogen-bond acceptors (Lipinski definition) is 5. The van der Waals surface area contributed by atoms with Crippen molar-refractivity contribution in [3.63, 3.8) is 0 Å². The molecule has 1 N–H and O–H groups in total. The number of pyridine rings is 2. The molecule has 0 aliphatic heterocycles. The number of hydrogen-bond donors (Lipinski definition) is 1. The van der Waals surface area contributed by atoms with Crippen LogP contribution in [0.25, 0.3) is 11.0 Å². The van der Waals surface area contributed by atoms with Crippen LogP contribution in [-0.4, -0.2) is 26.5 Å². The Morgan fingerprint density at radius 3 is 2.53 bits per heavy atom. The minimum absolute atomic E-state index is 0.275. The molecule has 6 nitrogen and oxygen atoms in total. The Morgan fingerprint density at radius 2 is 1.93 bits per heavy atom. The lowest BCUT2D eigenvalue weighted by Crippen LogP contribution is -2.23. The van der Waals surface area contributed by atoms with Crippen LogP contribution >= 0.6 is 23.2 Å². The van der Waals surface area contributed by atoms with Gasteiger partial charge in [-0.25, -0.2) is 9.97 Å². The van der Waals surface area contributed by atoms with Crippen LogP contribution in [0.4, 0.5) is 5.69 Å². The summed E-state index contributed by atoms with van der Waals surface area (Å²) in [6.07, 6.45) is 3.55. The number of nitrogens with zero attached hydrogens (tertiary/aromatic N) is 5. The molecule has 0 unspecified atom stereocenters. The quantitative estimate of drug-likeness (QED) is 0.396. The highest BCUT2D eigenvalue weighted by atomic mass is 35.5. The molecule has 0 aromatic carbocycles. The first-order valence-electron chi connectivity index (χ1n) is 9.56. The second-order valence-corrected chi connectivity index (χ2v) is 8.39. The molecule has 0 saturated carbocycles. The lowest BCUT2D eigenvalue weighted by molar-refractivity contribution is 0.410. The van der Waals surface area contributed by atoms with Crippen LogP contribution in [0.2, 0.25) is 10.3 Å². The molecule has 0 aliphatic rings. The predicted octanol–water partition coefficient (Wildman–Crippen LogP) is 5.62. The van der Waals surface area contributed by atoms with Crippen LogP contribution in [0.5, 0.6) is 0 Å². The fourth-order valence-electron chi connectivity index (χ4n) is 3.53. The third kappa shape index (κ3) is 4.69. The van der Waals surface area contributed by atoms with Crippen molar-refractivity contribution < 1.29 is 0 Å². The van der Waals surface area contributed by atoms with E-state index < -0.39 is 0 Å². The van der Waals surface area contributed by atoms with Gasteiger partial charge in [-0.15, -0.1) is 0 Å². The van der Waals surface area contributed by atoms with Crippen LogP contribution in [0, 0.1) is 18.3 Å². The van der Waals surface area contributed by atoms with E-state index in [2.05, 4.69) is 54.0 Å². The Balaban J connectivity index is 1.93. The molecule has 3 rings (SSSR count). The number of aryl methyl sites for hydroxylation is 2. The lowest BCUT2D eigenvalue weighted by Gasteiger charge is -2.23. The van der Waals surface area contributed by atoms with Crippen molar-refractivity contribution in [3.05, 3.63) is 63.4 Å². The smallest absolute Gasteiger partial charge is 0.140 e. The summed E-state index contributed by atoms with van der Waals surface area (Å²) < 4.78 is 2.06. The third-order valence-electron chi connectivity index (χ3n) is 4.87. The average Bonchev–Trinajstić information content (AvgIpc) is 2.93.